The summed E-state index contributed by atoms with van der Waals surface area (Å²) in [5.41, 5.74) is 2.16. The summed E-state index contributed by atoms with van der Waals surface area (Å²) in [4.78, 5) is 13.3. The highest BCUT2D eigenvalue weighted by molar-refractivity contribution is 7.92. The first-order valence-corrected chi connectivity index (χ1v) is 13.4. The van der Waals surface area contributed by atoms with Gasteiger partial charge in [0.05, 0.1) is 10.3 Å². The zero-order valence-electron chi connectivity index (χ0n) is 18.9. The average molecular weight is 455 g/mol. The molecule has 0 radical (unpaired) electrons. The summed E-state index contributed by atoms with van der Waals surface area (Å²) in [6.45, 7) is 2.10. The predicted octanol–water partition coefficient (Wildman–Crippen LogP) is 5.31. The summed E-state index contributed by atoms with van der Waals surface area (Å²) in [5.74, 6) is 0.130. The topological polar surface area (TPSA) is 75.3 Å². The van der Waals surface area contributed by atoms with E-state index in [4.69, 9.17) is 0 Å². The lowest BCUT2D eigenvalue weighted by Gasteiger charge is -2.22. The molecule has 0 saturated heterocycles. The molecule has 0 aromatic heterocycles. The Morgan fingerprint density at radius 2 is 1.56 bits per heavy atom. The number of aryl methyl sites for hydroxylation is 1. The molecule has 2 saturated carbocycles. The van der Waals surface area contributed by atoms with Crippen molar-refractivity contribution in [3.63, 3.8) is 0 Å². The maximum Gasteiger partial charge on any atom is 0.261 e. The predicted molar refractivity (Wildman–Crippen MR) is 128 cm³/mol. The lowest BCUT2D eigenvalue weighted by Crippen LogP contribution is -2.41. The number of sulfonamides is 1. The fraction of sp³-hybridized carbons (Fsp3) is 0.500. The van der Waals surface area contributed by atoms with E-state index in [1.54, 1.807) is 24.3 Å². The molecule has 0 bridgehead atoms. The van der Waals surface area contributed by atoms with Gasteiger partial charge in [0.15, 0.2) is 0 Å². The zero-order chi connectivity index (χ0) is 22.6. The average Bonchev–Trinajstić information content (AvgIpc) is 3.61. The normalized spacial score (nSPS) is 18.5. The van der Waals surface area contributed by atoms with Crippen LogP contribution in [0.25, 0.3) is 0 Å². The van der Waals surface area contributed by atoms with Gasteiger partial charge in [0.25, 0.3) is 10.0 Å². The number of hydrogen-bond acceptors (Lipinski definition) is 3. The van der Waals surface area contributed by atoms with Gasteiger partial charge in [-0.1, -0.05) is 63.3 Å². The second-order valence-electron chi connectivity index (χ2n) is 9.32. The molecule has 0 atom stereocenters. The van der Waals surface area contributed by atoms with Crippen LogP contribution in [-0.2, 0) is 26.7 Å². The third-order valence-electron chi connectivity index (χ3n) is 6.84. The van der Waals surface area contributed by atoms with E-state index >= 15 is 0 Å². The van der Waals surface area contributed by atoms with Crippen LogP contribution >= 0.6 is 0 Å². The molecular weight excluding hydrogens is 420 g/mol. The van der Waals surface area contributed by atoms with Gasteiger partial charge in [-0.05, 0) is 67.5 Å². The first kappa shape index (κ1) is 22.8. The molecule has 172 valence electrons. The van der Waals surface area contributed by atoms with Gasteiger partial charge in [-0.15, -0.1) is 0 Å². The molecule has 0 heterocycles. The van der Waals surface area contributed by atoms with Crippen molar-refractivity contribution in [2.45, 2.75) is 87.5 Å². The van der Waals surface area contributed by atoms with Crippen LogP contribution in [0, 0.1) is 0 Å². The number of amides is 1. The Labute approximate surface area is 192 Å². The number of carbonyl (C=O) groups is 1. The smallest absolute Gasteiger partial charge is 0.261 e. The van der Waals surface area contributed by atoms with E-state index in [1.165, 1.54) is 25.7 Å². The van der Waals surface area contributed by atoms with Crippen LogP contribution in [0.5, 0.6) is 0 Å². The van der Waals surface area contributed by atoms with Crippen molar-refractivity contribution < 1.29 is 13.2 Å². The summed E-state index contributed by atoms with van der Waals surface area (Å²) >= 11 is 0. The van der Waals surface area contributed by atoms with Crippen molar-refractivity contribution in [2.24, 2.45) is 0 Å². The Morgan fingerprint density at radius 1 is 0.938 bits per heavy atom. The molecule has 2 N–H and O–H groups in total. The van der Waals surface area contributed by atoms with Gasteiger partial charge in [0.1, 0.15) is 0 Å². The van der Waals surface area contributed by atoms with Crippen molar-refractivity contribution in [3.8, 4) is 0 Å². The number of nitrogens with one attached hydrogen (secondary N) is 2. The minimum absolute atomic E-state index is 0.130. The SMILES string of the molecule is CCCc1ccc(S(=O)(=O)Nc2ccc(C3(C(=O)NC4CCCCCC4)CC3)cc2)cc1. The fourth-order valence-corrected chi connectivity index (χ4v) is 5.77. The number of benzene rings is 2. The van der Waals surface area contributed by atoms with E-state index in [0.29, 0.717) is 5.69 Å². The van der Waals surface area contributed by atoms with Crippen molar-refractivity contribution in [1.29, 1.82) is 0 Å². The Balaban J connectivity index is 1.41. The van der Waals surface area contributed by atoms with Crippen molar-refractivity contribution in [1.82, 2.24) is 5.32 Å². The third kappa shape index (κ3) is 5.17. The molecule has 2 fully saturated rings. The van der Waals surface area contributed by atoms with Crippen LogP contribution in [0.1, 0.15) is 75.8 Å². The lowest BCUT2D eigenvalue weighted by atomic mass is 9.94. The van der Waals surface area contributed by atoms with Crippen molar-refractivity contribution >= 4 is 21.6 Å². The maximum atomic E-state index is 13.1. The van der Waals surface area contributed by atoms with E-state index < -0.39 is 15.4 Å². The molecule has 0 unspecified atom stereocenters. The molecule has 32 heavy (non-hydrogen) atoms. The van der Waals surface area contributed by atoms with E-state index in [1.807, 2.05) is 24.3 Å². The van der Waals surface area contributed by atoms with Crippen LogP contribution in [0.4, 0.5) is 5.69 Å². The number of anilines is 1. The minimum atomic E-state index is -3.65. The summed E-state index contributed by atoms with van der Waals surface area (Å²) in [6.07, 6.45) is 10.7. The molecule has 2 aliphatic carbocycles. The molecule has 0 spiro atoms. The standard InChI is InChI=1S/C26H34N2O3S/c1-2-7-20-10-16-24(17-11-20)32(30,31)28-23-14-12-21(13-15-23)26(18-19-26)25(29)27-22-8-5-3-4-6-9-22/h10-17,22,28H,2-9,18-19H2,1H3,(H,27,29). The Kier molecular flexibility index (Phi) is 6.89. The summed E-state index contributed by atoms with van der Waals surface area (Å²) in [6, 6.07) is 14.6. The quantitative estimate of drug-likeness (QED) is 0.531. The highest BCUT2D eigenvalue weighted by Crippen LogP contribution is 2.48. The van der Waals surface area contributed by atoms with Crippen LogP contribution in [-0.4, -0.2) is 20.4 Å². The Bertz CT molecular complexity index is 1020. The molecule has 2 aliphatic rings. The van der Waals surface area contributed by atoms with E-state index in [-0.39, 0.29) is 16.8 Å². The Morgan fingerprint density at radius 3 is 2.12 bits per heavy atom. The maximum absolute atomic E-state index is 13.1. The van der Waals surface area contributed by atoms with Crippen molar-refractivity contribution in [2.75, 3.05) is 4.72 Å². The van der Waals surface area contributed by atoms with Gasteiger partial charge in [0.2, 0.25) is 5.91 Å². The molecular formula is C26H34N2O3S. The highest BCUT2D eigenvalue weighted by Gasteiger charge is 2.51. The second-order valence-corrected chi connectivity index (χ2v) is 11.0. The van der Waals surface area contributed by atoms with Gasteiger partial charge in [-0.3, -0.25) is 9.52 Å². The van der Waals surface area contributed by atoms with Gasteiger partial charge >= 0.3 is 0 Å². The first-order chi connectivity index (χ1) is 15.4. The van der Waals surface area contributed by atoms with E-state index in [2.05, 4.69) is 17.0 Å². The summed E-state index contributed by atoms with van der Waals surface area (Å²) in [7, 11) is -3.65. The van der Waals surface area contributed by atoms with Crippen LogP contribution in [0.15, 0.2) is 53.4 Å². The van der Waals surface area contributed by atoms with E-state index in [9.17, 15) is 13.2 Å². The minimum Gasteiger partial charge on any atom is -0.353 e. The second kappa shape index (κ2) is 9.65. The number of hydrogen-bond donors (Lipinski definition) is 2. The van der Waals surface area contributed by atoms with Gasteiger partial charge in [0, 0.05) is 11.7 Å². The summed E-state index contributed by atoms with van der Waals surface area (Å²) in [5, 5.41) is 3.30. The molecule has 2 aromatic rings. The molecule has 0 aliphatic heterocycles. The highest BCUT2D eigenvalue weighted by atomic mass is 32.2. The van der Waals surface area contributed by atoms with Crippen molar-refractivity contribution in [3.05, 3.63) is 59.7 Å². The third-order valence-corrected chi connectivity index (χ3v) is 8.23. The molecule has 2 aromatic carbocycles. The largest absolute Gasteiger partial charge is 0.353 e. The van der Waals surface area contributed by atoms with Crippen LogP contribution in [0.3, 0.4) is 0 Å². The lowest BCUT2D eigenvalue weighted by molar-refractivity contribution is -0.124. The monoisotopic (exact) mass is 454 g/mol. The molecule has 5 nitrogen and oxygen atoms in total. The Hall–Kier alpha value is -2.34. The first-order valence-electron chi connectivity index (χ1n) is 12.0. The van der Waals surface area contributed by atoms with Gasteiger partial charge < -0.3 is 5.32 Å². The van der Waals surface area contributed by atoms with Crippen LogP contribution in [0.2, 0.25) is 0 Å². The molecule has 1 amide bonds. The fourth-order valence-electron chi connectivity index (χ4n) is 4.71. The number of carbonyl (C=O) groups excluding carboxylic acids is 1. The van der Waals surface area contributed by atoms with E-state index in [0.717, 1.165) is 49.7 Å². The van der Waals surface area contributed by atoms with Crippen LogP contribution < -0.4 is 10.0 Å². The number of rotatable bonds is 8. The summed E-state index contributed by atoms with van der Waals surface area (Å²) < 4.78 is 28.2. The molecule has 6 heteroatoms. The molecule has 4 rings (SSSR count). The zero-order valence-corrected chi connectivity index (χ0v) is 19.7. The van der Waals surface area contributed by atoms with Gasteiger partial charge in [-0.25, -0.2) is 8.42 Å². The van der Waals surface area contributed by atoms with Gasteiger partial charge in [-0.2, -0.15) is 0 Å².